The fraction of sp³-hybridized carbons (Fsp3) is 0.588. The van der Waals surface area contributed by atoms with Crippen LogP contribution in [0.3, 0.4) is 0 Å². The van der Waals surface area contributed by atoms with E-state index in [1.807, 2.05) is 0 Å². The molecule has 0 saturated carbocycles. The summed E-state index contributed by atoms with van der Waals surface area (Å²) in [4.78, 5) is 0. The van der Waals surface area contributed by atoms with Gasteiger partial charge in [-0.3, -0.25) is 0 Å². The molecule has 1 heterocycles. The molecule has 3 atom stereocenters. The van der Waals surface area contributed by atoms with E-state index in [0.29, 0.717) is 28.2 Å². The average Bonchev–Trinajstić information content (AvgIpc) is 2.81. The molecule has 1 aromatic rings. The first-order valence-corrected chi connectivity index (χ1v) is 8.75. The van der Waals surface area contributed by atoms with Gasteiger partial charge in [-0.2, -0.15) is 6.42 Å². The number of benzene rings is 1. The topological polar surface area (TPSA) is 29.5 Å². The molecule has 1 aromatic carbocycles. The van der Waals surface area contributed by atoms with Crippen LogP contribution < -0.4 is 4.74 Å². The SMILES string of the molecule is [CH2-]CCCCC[C@H]1[B]C[C@@H](O)[C@@H]1COc1cc(Cl)cc(Cl)c1.[Y]. The van der Waals surface area contributed by atoms with E-state index in [1.165, 1.54) is 19.3 Å². The van der Waals surface area contributed by atoms with Gasteiger partial charge in [0.2, 0.25) is 0 Å². The second-order valence-electron chi connectivity index (χ2n) is 5.99. The Hall–Kier alpha value is 0.729. The van der Waals surface area contributed by atoms with Crippen molar-refractivity contribution in [1.82, 2.24) is 0 Å². The maximum atomic E-state index is 10.2. The van der Waals surface area contributed by atoms with Crippen molar-refractivity contribution in [1.29, 1.82) is 0 Å². The van der Waals surface area contributed by atoms with Crippen LogP contribution in [0.2, 0.25) is 22.2 Å². The van der Waals surface area contributed by atoms with Gasteiger partial charge in [-0.1, -0.05) is 61.0 Å². The summed E-state index contributed by atoms with van der Waals surface area (Å²) in [6.45, 7) is 4.36. The molecule has 2 nitrogen and oxygen atoms in total. The van der Waals surface area contributed by atoms with Crippen LogP contribution in [0.4, 0.5) is 0 Å². The minimum atomic E-state index is -0.313. The second-order valence-corrected chi connectivity index (χ2v) is 6.86. The third-order valence-electron chi connectivity index (χ3n) is 4.29. The molecule has 124 valence electrons. The fourth-order valence-electron chi connectivity index (χ4n) is 3.05. The number of halogens is 2. The first kappa shape index (κ1) is 21.8. The number of hydrogen-bond acceptors (Lipinski definition) is 2. The molecule has 0 bridgehead atoms. The molecule has 1 N–H and O–H groups in total. The maximum Gasteiger partial charge on any atom is 0.122 e. The third kappa shape index (κ3) is 7.24. The maximum absolute atomic E-state index is 10.2. The Labute approximate surface area is 175 Å². The zero-order chi connectivity index (χ0) is 15.9. The normalized spacial score (nSPS) is 23.2. The van der Waals surface area contributed by atoms with Gasteiger partial charge in [0.25, 0.3) is 0 Å². The largest absolute Gasteiger partial charge is 0.493 e. The predicted molar refractivity (Wildman–Crippen MR) is 94.2 cm³/mol. The van der Waals surface area contributed by atoms with Gasteiger partial charge in [-0.25, -0.2) is 0 Å². The van der Waals surface area contributed by atoms with Crippen LogP contribution in [-0.4, -0.2) is 25.1 Å². The van der Waals surface area contributed by atoms with E-state index in [0.717, 1.165) is 19.2 Å². The summed E-state index contributed by atoms with van der Waals surface area (Å²) in [5.41, 5.74) is 0. The van der Waals surface area contributed by atoms with E-state index in [4.69, 9.17) is 27.9 Å². The average molecular weight is 430 g/mol. The van der Waals surface area contributed by atoms with Gasteiger partial charge in [0, 0.05) is 48.7 Å². The Morgan fingerprint density at radius 2 is 1.87 bits per heavy atom. The molecule has 1 saturated heterocycles. The Kier molecular flexibility index (Phi) is 10.8. The molecule has 0 aliphatic carbocycles. The molecule has 23 heavy (non-hydrogen) atoms. The fourth-order valence-corrected chi connectivity index (χ4v) is 3.56. The number of aliphatic hydroxyl groups excluding tert-OH is 1. The Morgan fingerprint density at radius 1 is 1.17 bits per heavy atom. The second kappa shape index (κ2) is 11.4. The van der Waals surface area contributed by atoms with Crippen molar-refractivity contribution in [3.63, 3.8) is 0 Å². The molecule has 2 rings (SSSR count). The van der Waals surface area contributed by atoms with Crippen LogP contribution in [0.25, 0.3) is 0 Å². The summed E-state index contributed by atoms with van der Waals surface area (Å²) in [5.74, 6) is 1.24. The van der Waals surface area contributed by atoms with Gasteiger partial charge in [0.05, 0.1) is 12.7 Å². The van der Waals surface area contributed by atoms with E-state index in [9.17, 15) is 5.11 Å². The summed E-state index contributed by atoms with van der Waals surface area (Å²) >= 11 is 12.0. The molecular formula is C17H23BCl2O2Y-. The van der Waals surface area contributed by atoms with E-state index in [2.05, 4.69) is 14.2 Å². The number of hydrogen-bond donors (Lipinski definition) is 1. The smallest absolute Gasteiger partial charge is 0.122 e. The molecule has 0 amide bonds. The zero-order valence-electron chi connectivity index (χ0n) is 13.4. The van der Waals surface area contributed by atoms with Crippen molar-refractivity contribution in [3.8, 4) is 5.75 Å². The van der Waals surface area contributed by atoms with Crippen LogP contribution in [0.1, 0.15) is 32.1 Å². The molecule has 1 aliphatic heterocycles. The standard InChI is InChI=1S/C17H23BCl2O2.Y/c1-2-3-4-5-6-16-15(17(21)10-18-16)11-22-14-8-12(19)7-13(20)9-14;/h7-9,15-17,21H,1-6,10-11H2;/q-1;/t15-,16-,17-;/m1./s1. The van der Waals surface area contributed by atoms with Gasteiger partial charge in [-0.15, -0.1) is 0 Å². The van der Waals surface area contributed by atoms with Crippen LogP contribution in [0.15, 0.2) is 18.2 Å². The molecule has 6 heteroatoms. The summed E-state index contributed by atoms with van der Waals surface area (Å²) < 4.78 is 5.82. The van der Waals surface area contributed by atoms with Crippen molar-refractivity contribution in [3.05, 3.63) is 35.2 Å². The quantitative estimate of drug-likeness (QED) is 0.355. The Morgan fingerprint density at radius 3 is 2.52 bits per heavy atom. The van der Waals surface area contributed by atoms with E-state index in [1.54, 1.807) is 18.2 Å². The van der Waals surface area contributed by atoms with Crippen LogP contribution in [0, 0.1) is 12.8 Å². The van der Waals surface area contributed by atoms with E-state index < -0.39 is 0 Å². The van der Waals surface area contributed by atoms with Crippen LogP contribution >= 0.6 is 23.2 Å². The Bertz CT molecular complexity index is 456. The minimum absolute atomic E-state index is 0. The Balaban J connectivity index is 0.00000264. The third-order valence-corrected chi connectivity index (χ3v) is 4.73. The minimum Gasteiger partial charge on any atom is -0.493 e. The van der Waals surface area contributed by atoms with Crippen LogP contribution in [0.5, 0.6) is 5.75 Å². The van der Waals surface area contributed by atoms with Crippen LogP contribution in [-0.2, 0) is 32.7 Å². The number of unbranched alkanes of at least 4 members (excludes halogenated alkanes) is 3. The predicted octanol–water partition coefficient (Wildman–Crippen LogP) is 5.06. The molecule has 1 aliphatic rings. The first-order chi connectivity index (χ1) is 10.6. The van der Waals surface area contributed by atoms with Gasteiger partial charge in [0.1, 0.15) is 13.0 Å². The van der Waals surface area contributed by atoms with Crippen molar-refractivity contribution in [2.45, 2.75) is 50.3 Å². The number of rotatable bonds is 8. The van der Waals surface area contributed by atoms with Gasteiger partial charge >= 0.3 is 0 Å². The molecule has 0 aromatic heterocycles. The van der Waals surface area contributed by atoms with Gasteiger partial charge in [0.15, 0.2) is 0 Å². The van der Waals surface area contributed by atoms with E-state index in [-0.39, 0.29) is 44.7 Å². The van der Waals surface area contributed by atoms with Crippen molar-refractivity contribution in [2.75, 3.05) is 6.61 Å². The molecule has 2 radical (unpaired) electrons. The van der Waals surface area contributed by atoms with E-state index >= 15 is 0 Å². The molecule has 0 spiro atoms. The summed E-state index contributed by atoms with van der Waals surface area (Å²) in [6, 6.07) is 5.18. The van der Waals surface area contributed by atoms with Gasteiger partial charge in [-0.05, 0) is 18.2 Å². The molecule has 1 fully saturated rings. The summed E-state index contributed by atoms with van der Waals surface area (Å²) in [5, 5.41) is 11.3. The van der Waals surface area contributed by atoms with Crippen molar-refractivity contribution >= 4 is 30.5 Å². The number of ether oxygens (including phenoxy) is 1. The monoisotopic (exact) mass is 429 g/mol. The molecular weight excluding hydrogens is 407 g/mol. The molecule has 0 unspecified atom stereocenters. The number of aliphatic hydroxyl groups is 1. The zero-order valence-corrected chi connectivity index (χ0v) is 17.7. The summed E-state index contributed by atoms with van der Waals surface area (Å²) in [6.07, 6.45) is 6.12. The summed E-state index contributed by atoms with van der Waals surface area (Å²) in [7, 11) is 2.24. The van der Waals surface area contributed by atoms with Crippen molar-refractivity contribution in [2.24, 2.45) is 5.92 Å². The van der Waals surface area contributed by atoms with Gasteiger partial charge < -0.3 is 16.8 Å². The first-order valence-electron chi connectivity index (χ1n) is 7.99. The van der Waals surface area contributed by atoms with Crippen molar-refractivity contribution < 1.29 is 42.6 Å².